The Bertz CT molecular complexity index is 50.1. The van der Waals surface area contributed by atoms with Gasteiger partial charge in [0.2, 0.25) is 0 Å². The van der Waals surface area contributed by atoms with Gasteiger partial charge in [0.15, 0.2) is 0 Å². The zero-order valence-corrected chi connectivity index (χ0v) is 8.44. The van der Waals surface area contributed by atoms with Crippen LogP contribution in [0.3, 0.4) is 0 Å². The molecule has 0 unspecified atom stereocenters. The maximum atomic E-state index is 5.16. The van der Waals surface area contributed by atoms with Crippen LogP contribution in [0, 0.1) is 0 Å². The van der Waals surface area contributed by atoms with Crippen LogP contribution < -0.4 is 0 Å². The van der Waals surface area contributed by atoms with Crippen LogP contribution in [0.1, 0.15) is 0 Å². The van der Waals surface area contributed by atoms with Gasteiger partial charge in [0, 0.05) is 0 Å². The Morgan fingerprint density at radius 1 is 1.29 bits per heavy atom. The summed E-state index contributed by atoms with van der Waals surface area (Å²) in [5.41, 5.74) is 0. The summed E-state index contributed by atoms with van der Waals surface area (Å²) in [4.78, 5) is 0. The second-order valence-corrected chi connectivity index (χ2v) is 4.62. The van der Waals surface area contributed by atoms with Gasteiger partial charge in [0.05, 0.1) is 0 Å². The Morgan fingerprint density at radius 3 is 1.71 bits per heavy atom. The minimum absolute atomic E-state index is 1.19. The van der Waals surface area contributed by atoms with Gasteiger partial charge in [-0.1, -0.05) is 0 Å². The van der Waals surface area contributed by atoms with E-state index in [1.54, 1.807) is 0 Å². The third-order valence-electron chi connectivity index (χ3n) is 0.138. The van der Waals surface area contributed by atoms with E-state index in [1.807, 2.05) is 0 Å². The van der Waals surface area contributed by atoms with Crippen LogP contribution >= 0.6 is 43.6 Å². The van der Waals surface area contributed by atoms with Crippen molar-refractivity contribution in [3.05, 3.63) is 0 Å². The van der Waals surface area contributed by atoms with Crippen molar-refractivity contribution in [3.8, 4) is 0 Å². The van der Waals surface area contributed by atoms with Gasteiger partial charge in [-0.3, -0.25) is 0 Å². The van der Waals surface area contributed by atoms with Crippen molar-refractivity contribution in [2.75, 3.05) is 0 Å². The molecule has 0 amide bonds. The molecule has 0 aromatic carbocycles. The first-order valence-electron chi connectivity index (χ1n) is 1.12. The number of hydrogen-bond donors (Lipinski definition) is 0. The molecule has 6 heteroatoms. The molecule has 1 nitrogen and oxygen atoms in total. The molecule has 0 aliphatic rings. The molecule has 0 N–H and O–H groups in total. The predicted octanol–water partition coefficient (Wildman–Crippen LogP) is 2.10. The van der Waals surface area contributed by atoms with E-state index in [9.17, 15) is 0 Å². The van der Waals surface area contributed by atoms with E-state index < -0.39 is 24.9 Å². The average molecular weight is 292 g/mol. The van der Waals surface area contributed by atoms with E-state index in [4.69, 9.17) is 43.6 Å². The molecular weight excluding hydrogens is 292 g/mol. The fraction of sp³-hybridized carbons (Fsp3) is 1.00. The molecule has 0 aliphatic carbocycles. The normalized spacial score (nSPS) is 12.0. The molecule has 0 spiro atoms. The van der Waals surface area contributed by atoms with Crippen LogP contribution in [0.2, 0.25) is 0 Å². The quantitative estimate of drug-likeness (QED) is 0.531. The van der Waals surface area contributed by atoms with Crippen LogP contribution in [0.5, 0.6) is 0 Å². The van der Waals surface area contributed by atoms with Gasteiger partial charge < -0.3 is 0 Å². The first-order valence-corrected chi connectivity index (χ1v) is 6.53. The molecule has 0 saturated heterocycles. The number of halogens is 4. The van der Waals surface area contributed by atoms with Gasteiger partial charge in [-0.25, -0.2) is 0 Å². The Kier molecular flexibility index (Phi) is 4.94. The second kappa shape index (κ2) is 3.87. The first-order chi connectivity index (χ1) is 3.06. The molecule has 7 heavy (non-hydrogen) atoms. The van der Waals surface area contributed by atoms with Crippen molar-refractivity contribution >= 4 is 64.5 Å². The summed E-state index contributed by atoms with van der Waals surface area (Å²) in [6.45, 7) is 0. The summed E-state index contributed by atoms with van der Waals surface area (Å²) < 4.78 is 2.84. The molecule has 1 radical (unpaired) electrons. The molecular formula is CCl4OSb. The third-order valence-corrected chi connectivity index (χ3v) is 2.78. The Morgan fingerprint density at radius 2 is 1.71 bits per heavy atom. The SMILES string of the molecule is [Cl][Sb][O]C(Cl)(Cl)Cl. The molecule has 0 rings (SSSR count). The Hall–Kier alpha value is 1.94. The summed E-state index contributed by atoms with van der Waals surface area (Å²) in [7, 11) is 5.16. The van der Waals surface area contributed by atoms with E-state index in [2.05, 4.69) is 3.02 Å². The van der Waals surface area contributed by atoms with Gasteiger partial charge in [0.25, 0.3) is 0 Å². The van der Waals surface area contributed by atoms with E-state index in [0.717, 1.165) is 0 Å². The average Bonchev–Trinajstić information content (AvgIpc) is 1.30. The number of alkyl halides is 3. The van der Waals surface area contributed by atoms with E-state index in [1.165, 1.54) is 0 Å². The fourth-order valence-corrected chi connectivity index (χ4v) is 2.36. The standard InChI is InChI=1S/CCl3O.ClH.Sb/c2-1(3,4)5;;/h;1H;/q-1;;+2/p-1. The van der Waals surface area contributed by atoms with Crippen LogP contribution in [0.25, 0.3) is 0 Å². The summed E-state index contributed by atoms with van der Waals surface area (Å²) in [6, 6.07) is 0. The van der Waals surface area contributed by atoms with E-state index >= 15 is 0 Å². The molecule has 43 valence electrons. The molecule has 0 aliphatic heterocycles. The molecule has 0 aromatic rings. The summed E-state index contributed by atoms with van der Waals surface area (Å²) in [6.07, 6.45) is 0. The molecule has 0 atom stereocenters. The Labute approximate surface area is 71.0 Å². The van der Waals surface area contributed by atoms with Gasteiger partial charge >= 0.3 is 71.5 Å². The third kappa shape index (κ3) is 7.94. The van der Waals surface area contributed by atoms with Gasteiger partial charge in [-0.05, 0) is 0 Å². The zero-order valence-electron chi connectivity index (χ0n) is 2.87. The number of rotatable bonds is 1. The summed E-state index contributed by atoms with van der Waals surface area (Å²) >= 11 is 14.1. The molecule has 0 bridgehead atoms. The van der Waals surface area contributed by atoms with Crippen molar-refractivity contribution in [2.45, 2.75) is 3.98 Å². The fourth-order valence-electron chi connectivity index (χ4n) is 0.0391. The van der Waals surface area contributed by atoms with Crippen molar-refractivity contribution < 1.29 is 3.02 Å². The second-order valence-electron chi connectivity index (χ2n) is 0.606. The van der Waals surface area contributed by atoms with Crippen molar-refractivity contribution in [2.24, 2.45) is 0 Å². The van der Waals surface area contributed by atoms with Crippen molar-refractivity contribution in [1.82, 2.24) is 0 Å². The van der Waals surface area contributed by atoms with Crippen LogP contribution in [-0.2, 0) is 3.02 Å². The van der Waals surface area contributed by atoms with Gasteiger partial charge in [-0.15, -0.1) is 0 Å². The summed E-state index contributed by atoms with van der Waals surface area (Å²) in [5.74, 6) is 0. The predicted molar refractivity (Wildman–Crippen MR) is 33.0 cm³/mol. The zero-order chi connectivity index (χ0) is 5.91. The van der Waals surface area contributed by atoms with Gasteiger partial charge in [-0.2, -0.15) is 0 Å². The molecule has 0 saturated carbocycles. The molecule has 0 heterocycles. The maximum absolute atomic E-state index is 5.16. The minimum atomic E-state index is -1.60. The van der Waals surface area contributed by atoms with Crippen LogP contribution in [0.4, 0.5) is 0 Å². The number of hydrogen-bond acceptors (Lipinski definition) is 1. The van der Waals surface area contributed by atoms with Gasteiger partial charge in [0.1, 0.15) is 0 Å². The van der Waals surface area contributed by atoms with Crippen molar-refractivity contribution in [1.29, 1.82) is 0 Å². The first kappa shape index (κ1) is 8.94. The summed E-state index contributed by atoms with van der Waals surface area (Å²) in [5, 5.41) is 0. The topological polar surface area (TPSA) is 9.23 Å². The van der Waals surface area contributed by atoms with Crippen LogP contribution in [-0.4, -0.2) is 24.9 Å². The molecule has 0 fully saturated rings. The Balaban J connectivity index is 3.15. The monoisotopic (exact) mass is 289 g/mol. The molecule has 0 aromatic heterocycles. The van der Waals surface area contributed by atoms with E-state index in [-0.39, 0.29) is 0 Å². The van der Waals surface area contributed by atoms with Crippen molar-refractivity contribution in [3.63, 3.8) is 0 Å². The van der Waals surface area contributed by atoms with E-state index in [0.29, 0.717) is 0 Å². The van der Waals surface area contributed by atoms with Crippen LogP contribution in [0.15, 0.2) is 0 Å².